The summed E-state index contributed by atoms with van der Waals surface area (Å²) in [5, 5.41) is 0. The van der Waals surface area contributed by atoms with Crippen LogP contribution in [0.25, 0.3) is 0 Å². The third kappa shape index (κ3) is 3.54. The summed E-state index contributed by atoms with van der Waals surface area (Å²) in [6.45, 7) is 9.83. The van der Waals surface area contributed by atoms with E-state index in [-0.39, 0.29) is 0 Å². The van der Waals surface area contributed by atoms with Crippen molar-refractivity contribution >= 4 is 11.8 Å². The molecule has 1 aromatic carbocycles. The molecule has 0 N–H and O–H groups in total. The van der Waals surface area contributed by atoms with Crippen LogP contribution in [0.2, 0.25) is 0 Å². The van der Waals surface area contributed by atoms with Gasteiger partial charge in [-0.2, -0.15) is 4.98 Å². The van der Waals surface area contributed by atoms with Gasteiger partial charge in [0.25, 0.3) is 0 Å². The van der Waals surface area contributed by atoms with Crippen LogP contribution in [-0.2, 0) is 13.0 Å². The lowest BCUT2D eigenvalue weighted by Crippen LogP contribution is -2.32. The highest BCUT2D eigenvalue weighted by Crippen LogP contribution is 2.34. The first-order chi connectivity index (χ1) is 12.6. The number of ether oxygens (including phenoxy) is 2. The smallest absolute Gasteiger partial charge is 0.227 e. The van der Waals surface area contributed by atoms with Crippen molar-refractivity contribution in [3.8, 4) is 11.5 Å². The molecule has 1 aromatic heterocycles. The number of methoxy groups -OCH3 is 2. The Labute approximate surface area is 155 Å². The molecule has 1 aliphatic heterocycles. The van der Waals surface area contributed by atoms with Crippen LogP contribution in [0.5, 0.6) is 11.5 Å². The van der Waals surface area contributed by atoms with Crippen molar-refractivity contribution in [2.45, 2.75) is 33.7 Å². The lowest BCUT2D eigenvalue weighted by atomic mass is 9.99. The van der Waals surface area contributed by atoms with Gasteiger partial charge >= 0.3 is 0 Å². The van der Waals surface area contributed by atoms with Gasteiger partial charge in [0.1, 0.15) is 5.82 Å². The number of hydrogen-bond acceptors (Lipinski definition) is 6. The average molecular weight is 356 g/mol. The number of aryl methyl sites for hydroxylation is 1. The molecule has 140 valence electrons. The summed E-state index contributed by atoms with van der Waals surface area (Å²) in [6, 6.07) is 6.25. The van der Waals surface area contributed by atoms with Crippen molar-refractivity contribution in [3.05, 3.63) is 35.0 Å². The Hall–Kier alpha value is -2.50. The molecule has 0 atom stereocenters. The molecule has 6 heteroatoms. The summed E-state index contributed by atoms with van der Waals surface area (Å²) in [7, 11) is 3.35. The maximum absolute atomic E-state index is 5.47. The minimum absolute atomic E-state index is 0.774. The molecule has 1 aliphatic rings. The molecule has 0 bridgehead atoms. The Morgan fingerprint density at radius 2 is 1.65 bits per heavy atom. The lowest BCUT2D eigenvalue weighted by molar-refractivity contribution is 0.353. The number of rotatable bonds is 6. The molecule has 0 unspecified atom stereocenters. The standard InChI is InChI=1S/C20H28N4O2/c1-6-23(7-2)20-21-14(3)10-19(22-20)24-9-8-15-11-17(25-4)18(26-5)12-16(15)13-24/h10-12H,6-9,13H2,1-5H3. The highest BCUT2D eigenvalue weighted by Gasteiger charge is 2.21. The van der Waals surface area contributed by atoms with Crippen LogP contribution in [-0.4, -0.2) is 43.8 Å². The van der Waals surface area contributed by atoms with Crippen LogP contribution in [0.4, 0.5) is 11.8 Å². The summed E-state index contributed by atoms with van der Waals surface area (Å²) in [4.78, 5) is 13.9. The minimum atomic E-state index is 0.774. The maximum Gasteiger partial charge on any atom is 0.227 e. The van der Waals surface area contributed by atoms with Crippen LogP contribution in [0.15, 0.2) is 18.2 Å². The van der Waals surface area contributed by atoms with Gasteiger partial charge in [-0.25, -0.2) is 4.98 Å². The molecule has 0 radical (unpaired) electrons. The second kappa shape index (κ2) is 7.81. The predicted octanol–water partition coefficient (Wildman–Crippen LogP) is 3.21. The average Bonchev–Trinajstić information content (AvgIpc) is 2.67. The van der Waals surface area contributed by atoms with E-state index in [1.54, 1.807) is 14.2 Å². The number of nitrogens with zero attached hydrogens (tertiary/aromatic N) is 4. The van der Waals surface area contributed by atoms with Gasteiger partial charge in [0.15, 0.2) is 11.5 Å². The highest BCUT2D eigenvalue weighted by molar-refractivity contribution is 5.53. The zero-order chi connectivity index (χ0) is 18.7. The molecule has 0 fully saturated rings. The summed E-state index contributed by atoms with van der Waals surface area (Å²) < 4.78 is 10.9. The van der Waals surface area contributed by atoms with Gasteiger partial charge in [-0.1, -0.05) is 0 Å². The van der Waals surface area contributed by atoms with Gasteiger partial charge in [0.2, 0.25) is 5.95 Å². The van der Waals surface area contributed by atoms with E-state index in [2.05, 4.69) is 46.8 Å². The van der Waals surface area contributed by atoms with Gasteiger partial charge in [-0.15, -0.1) is 0 Å². The molecule has 26 heavy (non-hydrogen) atoms. The molecule has 3 rings (SSSR count). The van der Waals surface area contributed by atoms with Crippen molar-refractivity contribution in [2.75, 3.05) is 43.7 Å². The number of benzene rings is 1. The van der Waals surface area contributed by atoms with E-state index in [9.17, 15) is 0 Å². The van der Waals surface area contributed by atoms with Crippen LogP contribution < -0.4 is 19.3 Å². The first-order valence-electron chi connectivity index (χ1n) is 9.18. The van der Waals surface area contributed by atoms with Crippen LogP contribution in [0, 0.1) is 6.92 Å². The summed E-state index contributed by atoms with van der Waals surface area (Å²) in [6.07, 6.45) is 0.958. The zero-order valence-corrected chi connectivity index (χ0v) is 16.4. The van der Waals surface area contributed by atoms with E-state index in [0.717, 1.165) is 61.6 Å². The Morgan fingerprint density at radius 1 is 1.00 bits per heavy atom. The fourth-order valence-corrected chi connectivity index (χ4v) is 3.43. The Morgan fingerprint density at radius 3 is 2.27 bits per heavy atom. The second-order valence-corrected chi connectivity index (χ2v) is 6.49. The molecule has 0 spiro atoms. The van der Waals surface area contributed by atoms with Gasteiger partial charge in [-0.3, -0.25) is 0 Å². The summed E-state index contributed by atoms with van der Waals surface area (Å²) >= 11 is 0. The van der Waals surface area contributed by atoms with E-state index < -0.39 is 0 Å². The number of hydrogen-bond donors (Lipinski definition) is 0. The van der Waals surface area contributed by atoms with E-state index >= 15 is 0 Å². The van der Waals surface area contributed by atoms with E-state index in [0.29, 0.717) is 0 Å². The first kappa shape index (κ1) is 18.3. The third-order valence-corrected chi connectivity index (χ3v) is 4.92. The molecule has 0 amide bonds. The van der Waals surface area contributed by atoms with Crippen LogP contribution in [0.1, 0.15) is 30.7 Å². The zero-order valence-electron chi connectivity index (χ0n) is 16.4. The Bertz CT molecular complexity index is 775. The van der Waals surface area contributed by atoms with Gasteiger partial charge in [0.05, 0.1) is 14.2 Å². The monoisotopic (exact) mass is 356 g/mol. The van der Waals surface area contributed by atoms with Crippen molar-refractivity contribution < 1.29 is 9.47 Å². The van der Waals surface area contributed by atoms with Crippen molar-refractivity contribution in [1.82, 2.24) is 9.97 Å². The molecule has 0 saturated heterocycles. The predicted molar refractivity (Wildman–Crippen MR) is 105 cm³/mol. The van der Waals surface area contributed by atoms with E-state index in [1.165, 1.54) is 11.1 Å². The Balaban J connectivity index is 1.91. The molecular weight excluding hydrogens is 328 g/mol. The fourth-order valence-electron chi connectivity index (χ4n) is 3.43. The third-order valence-electron chi connectivity index (χ3n) is 4.92. The lowest BCUT2D eigenvalue weighted by Gasteiger charge is -2.31. The van der Waals surface area contributed by atoms with Gasteiger partial charge < -0.3 is 19.3 Å². The quantitative estimate of drug-likeness (QED) is 0.792. The second-order valence-electron chi connectivity index (χ2n) is 6.49. The Kier molecular flexibility index (Phi) is 5.49. The number of fused-ring (bicyclic) bond motifs is 1. The molecule has 2 aromatic rings. The fraction of sp³-hybridized carbons (Fsp3) is 0.500. The van der Waals surface area contributed by atoms with E-state index in [4.69, 9.17) is 14.5 Å². The minimum Gasteiger partial charge on any atom is -0.493 e. The molecule has 6 nitrogen and oxygen atoms in total. The van der Waals surface area contributed by atoms with Crippen molar-refractivity contribution in [1.29, 1.82) is 0 Å². The van der Waals surface area contributed by atoms with E-state index in [1.807, 2.05) is 6.92 Å². The number of anilines is 2. The number of aromatic nitrogens is 2. The van der Waals surface area contributed by atoms with Gasteiger partial charge in [-0.05, 0) is 50.5 Å². The molecule has 2 heterocycles. The van der Waals surface area contributed by atoms with Crippen molar-refractivity contribution in [3.63, 3.8) is 0 Å². The normalized spacial score (nSPS) is 13.3. The highest BCUT2D eigenvalue weighted by atomic mass is 16.5. The van der Waals surface area contributed by atoms with Crippen molar-refractivity contribution in [2.24, 2.45) is 0 Å². The van der Waals surface area contributed by atoms with Crippen LogP contribution >= 0.6 is 0 Å². The molecular formula is C20H28N4O2. The topological polar surface area (TPSA) is 50.7 Å². The largest absolute Gasteiger partial charge is 0.493 e. The maximum atomic E-state index is 5.47. The summed E-state index contributed by atoms with van der Waals surface area (Å²) in [5.74, 6) is 3.36. The molecule has 0 saturated carbocycles. The SMILES string of the molecule is CCN(CC)c1nc(C)cc(N2CCc3cc(OC)c(OC)cc3C2)n1. The van der Waals surface area contributed by atoms with Crippen LogP contribution in [0.3, 0.4) is 0 Å². The summed E-state index contributed by atoms with van der Waals surface area (Å²) in [5.41, 5.74) is 3.57. The molecule has 0 aliphatic carbocycles. The van der Waals surface area contributed by atoms with Gasteiger partial charge in [0, 0.05) is 37.9 Å². The first-order valence-corrected chi connectivity index (χ1v) is 9.18.